The lowest BCUT2D eigenvalue weighted by molar-refractivity contribution is -0.114. The zero-order valence-electron chi connectivity index (χ0n) is 18.9. The van der Waals surface area contributed by atoms with Crippen LogP contribution in [0.4, 0.5) is 11.4 Å². The zero-order chi connectivity index (χ0) is 25.9. The number of carbonyl (C=O) groups excluding carboxylic acids is 1. The first kappa shape index (κ1) is 25.6. The number of rotatable bonds is 8. The summed E-state index contributed by atoms with van der Waals surface area (Å²) in [6, 6.07) is 13.7. The molecule has 1 N–H and O–H groups in total. The number of aliphatic hydroxyl groups is 1. The average molecular weight is 549 g/mol. The highest BCUT2D eigenvalue weighted by atomic mass is 35.5. The molecule has 2 aliphatic heterocycles. The largest absolute Gasteiger partial charge is 0.486 e. The Balaban J connectivity index is 1.73. The van der Waals surface area contributed by atoms with Crippen molar-refractivity contribution >= 4 is 62.6 Å². The van der Waals surface area contributed by atoms with E-state index in [0.29, 0.717) is 22.1 Å². The van der Waals surface area contributed by atoms with Gasteiger partial charge >= 0.3 is 0 Å². The van der Waals surface area contributed by atoms with Crippen molar-refractivity contribution in [3.63, 3.8) is 0 Å². The Kier molecular flexibility index (Phi) is 7.59. The molecule has 1 fully saturated rings. The van der Waals surface area contributed by atoms with Gasteiger partial charge in [0.15, 0.2) is 17.3 Å². The van der Waals surface area contributed by atoms with Crippen LogP contribution >= 0.6 is 23.8 Å². The molecule has 10 nitrogen and oxygen atoms in total. The molecule has 0 spiro atoms. The second kappa shape index (κ2) is 10.7. The Morgan fingerprint density at radius 3 is 2.61 bits per heavy atom. The summed E-state index contributed by atoms with van der Waals surface area (Å²) in [7, 11) is -2.71. The molecule has 0 aromatic heterocycles. The lowest BCUT2D eigenvalue weighted by Gasteiger charge is -2.19. The molecular formula is C23H21ClN4O6S2. The van der Waals surface area contributed by atoms with Crippen LogP contribution < -0.4 is 14.5 Å². The molecule has 0 radical (unpaired) electrons. The van der Waals surface area contributed by atoms with Gasteiger partial charge in [0, 0.05) is 17.6 Å². The SMILES string of the molecule is COC=NS(=O)(=O)CN1/C(=C\C=C2\C(=O)N(c3ccccc3)C(=S)N2CCO)Oc2ccc(Cl)cc21. The number of sulfonamides is 1. The number of methoxy groups -OCH3 is 1. The summed E-state index contributed by atoms with van der Waals surface area (Å²) in [6.07, 6.45) is 3.74. The molecule has 0 atom stereocenters. The average Bonchev–Trinajstić information content (AvgIpc) is 3.30. The van der Waals surface area contributed by atoms with Crippen LogP contribution in [0.2, 0.25) is 5.02 Å². The first-order valence-corrected chi connectivity index (χ1v) is 12.9. The Morgan fingerprint density at radius 2 is 1.92 bits per heavy atom. The van der Waals surface area contributed by atoms with E-state index in [9.17, 15) is 18.3 Å². The van der Waals surface area contributed by atoms with Gasteiger partial charge in [-0.2, -0.15) is 0 Å². The molecule has 1 saturated heterocycles. The minimum atomic E-state index is -3.99. The molecule has 0 saturated carbocycles. The Morgan fingerprint density at radius 1 is 1.17 bits per heavy atom. The summed E-state index contributed by atoms with van der Waals surface area (Å²) >= 11 is 11.6. The van der Waals surface area contributed by atoms with E-state index < -0.39 is 21.8 Å². The van der Waals surface area contributed by atoms with Crippen LogP contribution in [0.3, 0.4) is 0 Å². The summed E-state index contributed by atoms with van der Waals surface area (Å²) in [5, 5.41) is 10.1. The minimum Gasteiger partial charge on any atom is -0.486 e. The Hall–Kier alpha value is -3.45. The summed E-state index contributed by atoms with van der Waals surface area (Å²) in [6.45, 7) is -0.157. The summed E-state index contributed by atoms with van der Waals surface area (Å²) in [5.41, 5.74) is 1.17. The van der Waals surface area contributed by atoms with Gasteiger partial charge in [-0.1, -0.05) is 29.8 Å². The molecule has 4 rings (SSSR count). The molecule has 2 aromatic rings. The number of hydrogen-bond donors (Lipinski definition) is 1. The van der Waals surface area contributed by atoms with Gasteiger partial charge < -0.3 is 19.5 Å². The molecule has 13 heteroatoms. The van der Waals surface area contributed by atoms with E-state index in [0.717, 1.165) is 6.40 Å². The van der Waals surface area contributed by atoms with E-state index >= 15 is 0 Å². The molecule has 0 unspecified atom stereocenters. The molecule has 0 aliphatic carbocycles. The van der Waals surface area contributed by atoms with E-state index in [-0.39, 0.29) is 29.8 Å². The van der Waals surface area contributed by atoms with Crippen LogP contribution in [0.5, 0.6) is 5.75 Å². The third-order valence-electron chi connectivity index (χ3n) is 5.15. The van der Waals surface area contributed by atoms with Gasteiger partial charge in [0.05, 0.1) is 25.1 Å². The highest BCUT2D eigenvalue weighted by Gasteiger charge is 2.38. The Bertz CT molecular complexity index is 1380. The number of benzene rings is 2. The second-order valence-electron chi connectivity index (χ2n) is 7.49. The molecule has 0 bridgehead atoms. The number of thiocarbonyl (C=S) groups is 1. The zero-order valence-corrected chi connectivity index (χ0v) is 21.3. The van der Waals surface area contributed by atoms with E-state index in [4.69, 9.17) is 28.6 Å². The van der Waals surface area contributed by atoms with Gasteiger partial charge in [-0.3, -0.25) is 14.6 Å². The normalized spacial score (nSPS) is 18.0. The number of para-hydroxylation sites is 1. The van der Waals surface area contributed by atoms with Gasteiger partial charge in [-0.05, 0) is 48.6 Å². The van der Waals surface area contributed by atoms with Gasteiger partial charge in [-0.15, -0.1) is 4.40 Å². The van der Waals surface area contributed by atoms with Crippen molar-refractivity contribution < 1.29 is 27.8 Å². The first-order chi connectivity index (χ1) is 17.3. The van der Waals surface area contributed by atoms with Gasteiger partial charge in [-0.25, -0.2) is 8.42 Å². The monoisotopic (exact) mass is 548 g/mol. The number of ether oxygens (including phenoxy) is 2. The number of halogens is 1. The van der Waals surface area contributed by atoms with Crippen molar-refractivity contribution in [2.24, 2.45) is 4.40 Å². The van der Waals surface area contributed by atoms with Crippen molar-refractivity contribution in [1.82, 2.24) is 4.90 Å². The van der Waals surface area contributed by atoms with Crippen LogP contribution in [-0.4, -0.2) is 62.0 Å². The number of anilines is 2. The number of fused-ring (bicyclic) bond motifs is 1. The predicted molar refractivity (Wildman–Crippen MR) is 140 cm³/mol. The number of nitrogens with zero attached hydrogens (tertiary/aromatic N) is 4. The van der Waals surface area contributed by atoms with Crippen molar-refractivity contribution in [2.75, 3.05) is 35.9 Å². The second-order valence-corrected chi connectivity index (χ2v) is 9.92. The van der Waals surface area contributed by atoms with Gasteiger partial charge in [0.2, 0.25) is 5.88 Å². The van der Waals surface area contributed by atoms with E-state index in [1.807, 2.05) is 6.07 Å². The maximum absolute atomic E-state index is 13.3. The highest BCUT2D eigenvalue weighted by molar-refractivity contribution is 7.90. The fourth-order valence-corrected chi connectivity index (χ4v) is 5.03. The molecular weight excluding hydrogens is 528 g/mol. The van der Waals surface area contributed by atoms with E-state index in [2.05, 4.69) is 9.13 Å². The molecule has 1 amide bonds. The maximum Gasteiger partial charge on any atom is 0.281 e. The summed E-state index contributed by atoms with van der Waals surface area (Å²) in [4.78, 5) is 17.5. The van der Waals surface area contributed by atoms with Gasteiger partial charge in [0.1, 0.15) is 11.6 Å². The van der Waals surface area contributed by atoms with Crippen molar-refractivity contribution in [3.05, 3.63) is 77.3 Å². The fraction of sp³-hybridized carbons (Fsp3) is 0.174. The summed E-state index contributed by atoms with van der Waals surface area (Å²) < 4.78 is 39.0. The molecule has 188 valence electrons. The molecule has 2 aromatic carbocycles. The lowest BCUT2D eigenvalue weighted by atomic mass is 10.3. The molecule has 2 heterocycles. The Labute approximate surface area is 218 Å². The topological polar surface area (TPSA) is 112 Å². The molecule has 36 heavy (non-hydrogen) atoms. The van der Waals surface area contributed by atoms with Crippen LogP contribution in [0.1, 0.15) is 0 Å². The number of allylic oxidation sites excluding steroid dienone is 2. The van der Waals surface area contributed by atoms with Crippen LogP contribution in [0.25, 0.3) is 0 Å². The lowest BCUT2D eigenvalue weighted by Crippen LogP contribution is -2.33. The van der Waals surface area contributed by atoms with Crippen LogP contribution in [0, 0.1) is 0 Å². The maximum atomic E-state index is 13.3. The number of carbonyl (C=O) groups is 1. The van der Waals surface area contributed by atoms with E-state index in [1.165, 1.54) is 34.0 Å². The van der Waals surface area contributed by atoms with Crippen molar-refractivity contribution in [2.45, 2.75) is 0 Å². The predicted octanol–water partition coefficient (Wildman–Crippen LogP) is 2.85. The number of hydrogen-bond acceptors (Lipinski definition) is 8. The number of β-amino-alcohol motifs (C(OH)–C–C–N with tert-alkyl or cyclic N) is 1. The minimum absolute atomic E-state index is 0.0867. The standard InChI is InChI=1S/C23H21ClN4O6S2/c1-33-14-25-36(31,32)15-27-19-13-16(24)7-9-20(19)34-21(27)10-8-18-22(30)28(17-5-3-2-4-6-17)23(35)26(18)11-12-29/h2-10,13-14,29H,11-12,15H2,1H3/b18-8-,21-10+,25-14?. The van der Waals surface area contributed by atoms with Crippen LogP contribution in [-0.2, 0) is 19.6 Å². The number of aliphatic hydroxyl groups excluding tert-OH is 1. The van der Waals surface area contributed by atoms with Gasteiger partial charge in [0.25, 0.3) is 15.9 Å². The first-order valence-electron chi connectivity index (χ1n) is 10.5. The third-order valence-corrected chi connectivity index (χ3v) is 6.78. The van der Waals surface area contributed by atoms with Crippen molar-refractivity contribution in [1.29, 1.82) is 0 Å². The number of amides is 1. The third kappa shape index (κ3) is 5.21. The fourth-order valence-electron chi connectivity index (χ4n) is 3.61. The highest BCUT2D eigenvalue weighted by Crippen LogP contribution is 2.41. The summed E-state index contributed by atoms with van der Waals surface area (Å²) in [5.74, 6) is -0.477. The van der Waals surface area contributed by atoms with Crippen molar-refractivity contribution in [3.8, 4) is 5.75 Å². The smallest absolute Gasteiger partial charge is 0.281 e. The van der Waals surface area contributed by atoms with Crippen LogP contribution in [0.15, 0.2) is 76.7 Å². The molecule has 2 aliphatic rings. The van der Waals surface area contributed by atoms with E-state index in [1.54, 1.807) is 42.5 Å². The quantitative estimate of drug-likeness (QED) is 0.230.